The third-order valence-corrected chi connectivity index (χ3v) is 7.88. The number of hydrogen-bond donors (Lipinski definition) is 2. The van der Waals surface area contributed by atoms with Gasteiger partial charge in [0, 0.05) is 31.5 Å². The van der Waals surface area contributed by atoms with Crippen molar-refractivity contribution in [1.82, 2.24) is 4.90 Å². The maximum atomic E-state index is 15.0. The van der Waals surface area contributed by atoms with Crippen molar-refractivity contribution in [2.24, 2.45) is 5.92 Å². The van der Waals surface area contributed by atoms with Gasteiger partial charge in [-0.15, -0.1) is 0 Å². The number of carbonyl (C=O) groups excluding carboxylic acids is 2. The van der Waals surface area contributed by atoms with Gasteiger partial charge in [0.2, 0.25) is 5.91 Å². The Morgan fingerprint density at radius 2 is 1.71 bits per heavy atom. The number of aryl methyl sites for hydroxylation is 1. The van der Waals surface area contributed by atoms with Gasteiger partial charge in [0.05, 0.1) is 23.1 Å². The SMILES string of the molecule is Cc1ccc(C(=O)N2CCC[C@H](C(=O)Nc3cccc(C(C)(C)C)c3)[C@@H]2c2ccc(N(C)CC(C)(C)O)cc2)c(F)c1. The minimum absolute atomic E-state index is 0.00562. The third-order valence-electron chi connectivity index (χ3n) is 7.88. The van der Waals surface area contributed by atoms with Crippen LogP contribution in [0, 0.1) is 18.7 Å². The first-order valence-corrected chi connectivity index (χ1v) is 14.7. The van der Waals surface area contributed by atoms with Crippen LogP contribution in [-0.2, 0) is 10.2 Å². The van der Waals surface area contributed by atoms with Crippen LogP contribution in [0.2, 0.25) is 0 Å². The molecule has 1 heterocycles. The summed E-state index contributed by atoms with van der Waals surface area (Å²) in [7, 11) is 1.91. The molecule has 6 nitrogen and oxygen atoms in total. The summed E-state index contributed by atoms with van der Waals surface area (Å²) in [5.41, 5.74) is 3.33. The molecule has 1 fully saturated rings. The average molecular weight is 574 g/mol. The lowest BCUT2D eigenvalue weighted by Gasteiger charge is -2.41. The van der Waals surface area contributed by atoms with E-state index in [9.17, 15) is 19.1 Å². The summed E-state index contributed by atoms with van der Waals surface area (Å²) in [6.07, 6.45) is 1.22. The number of amides is 2. The maximum Gasteiger partial charge on any atom is 0.257 e. The van der Waals surface area contributed by atoms with E-state index in [2.05, 4.69) is 26.1 Å². The maximum absolute atomic E-state index is 15.0. The predicted molar refractivity (Wildman–Crippen MR) is 167 cm³/mol. The zero-order valence-corrected chi connectivity index (χ0v) is 25.9. The molecule has 0 bridgehead atoms. The molecule has 1 saturated heterocycles. The van der Waals surface area contributed by atoms with Gasteiger partial charge in [-0.1, -0.05) is 51.1 Å². The molecule has 3 aromatic rings. The van der Waals surface area contributed by atoms with Gasteiger partial charge in [0.25, 0.3) is 5.91 Å². The fraction of sp³-hybridized carbons (Fsp3) is 0.429. The number of likely N-dealkylation sites (tertiary alicyclic amines) is 1. The Balaban J connectivity index is 1.70. The lowest BCUT2D eigenvalue weighted by Crippen LogP contribution is -2.46. The van der Waals surface area contributed by atoms with E-state index in [4.69, 9.17) is 0 Å². The number of benzene rings is 3. The summed E-state index contributed by atoms with van der Waals surface area (Å²) in [5, 5.41) is 13.4. The summed E-state index contributed by atoms with van der Waals surface area (Å²) in [5.74, 6) is -1.69. The Kier molecular flexibility index (Phi) is 9.12. The van der Waals surface area contributed by atoms with Gasteiger partial charge in [-0.05, 0) is 92.1 Å². The van der Waals surface area contributed by atoms with Crippen LogP contribution in [0.3, 0.4) is 0 Å². The van der Waals surface area contributed by atoms with Crippen LogP contribution >= 0.6 is 0 Å². The molecule has 3 aromatic carbocycles. The van der Waals surface area contributed by atoms with Gasteiger partial charge in [0.1, 0.15) is 5.82 Å². The van der Waals surface area contributed by atoms with Crippen molar-refractivity contribution in [1.29, 1.82) is 0 Å². The molecule has 2 atom stereocenters. The normalized spacial score (nSPS) is 17.6. The molecule has 1 aliphatic rings. The summed E-state index contributed by atoms with van der Waals surface area (Å²) < 4.78 is 15.0. The zero-order valence-electron chi connectivity index (χ0n) is 25.9. The smallest absolute Gasteiger partial charge is 0.257 e. The molecule has 224 valence electrons. The van der Waals surface area contributed by atoms with E-state index in [-0.39, 0.29) is 16.9 Å². The molecule has 0 spiro atoms. The van der Waals surface area contributed by atoms with Crippen LogP contribution in [-0.4, -0.2) is 47.6 Å². The van der Waals surface area contributed by atoms with Crippen LogP contribution in [0.25, 0.3) is 0 Å². The predicted octanol–water partition coefficient (Wildman–Crippen LogP) is 6.87. The van der Waals surface area contributed by atoms with E-state index >= 15 is 0 Å². The van der Waals surface area contributed by atoms with Crippen molar-refractivity contribution in [3.05, 3.63) is 94.8 Å². The lowest BCUT2D eigenvalue weighted by molar-refractivity contribution is -0.123. The quantitative estimate of drug-likeness (QED) is 0.324. The highest BCUT2D eigenvalue weighted by molar-refractivity contribution is 5.97. The number of rotatable bonds is 7. The van der Waals surface area contributed by atoms with Crippen LogP contribution in [0.4, 0.5) is 15.8 Å². The number of nitrogens with one attached hydrogen (secondary N) is 1. The zero-order chi connectivity index (χ0) is 30.8. The average Bonchev–Trinajstić information content (AvgIpc) is 2.91. The van der Waals surface area contributed by atoms with Crippen LogP contribution in [0.1, 0.15) is 80.6 Å². The summed E-state index contributed by atoms with van der Waals surface area (Å²) >= 11 is 0. The highest BCUT2D eigenvalue weighted by Crippen LogP contribution is 2.39. The van der Waals surface area contributed by atoms with Crippen molar-refractivity contribution in [3.63, 3.8) is 0 Å². The second-order valence-electron chi connectivity index (χ2n) is 13.3. The van der Waals surface area contributed by atoms with Crippen LogP contribution in [0.15, 0.2) is 66.7 Å². The molecule has 0 aliphatic carbocycles. The number of likely N-dealkylation sites (N-methyl/N-ethyl adjacent to an activating group) is 1. The topological polar surface area (TPSA) is 72.9 Å². The minimum atomic E-state index is -0.869. The highest BCUT2D eigenvalue weighted by atomic mass is 19.1. The Morgan fingerprint density at radius 3 is 2.33 bits per heavy atom. The monoisotopic (exact) mass is 573 g/mol. The first kappa shape index (κ1) is 31.2. The Labute approximate surface area is 249 Å². The van der Waals surface area contributed by atoms with Gasteiger partial charge in [-0.3, -0.25) is 9.59 Å². The molecule has 0 unspecified atom stereocenters. The van der Waals surface area contributed by atoms with Gasteiger partial charge in [0.15, 0.2) is 0 Å². The number of nitrogens with zero attached hydrogens (tertiary/aromatic N) is 2. The number of hydrogen-bond acceptors (Lipinski definition) is 4. The number of aliphatic hydroxyl groups is 1. The van der Waals surface area contributed by atoms with E-state index in [0.717, 1.165) is 22.4 Å². The number of carbonyl (C=O) groups is 2. The largest absolute Gasteiger partial charge is 0.389 e. The molecule has 0 saturated carbocycles. The van der Waals surface area contributed by atoms with Gasteiger partial charge >= 0.3 is 0 Å². The Hall–Kier alpha value is -3.71. The van der Waals surface area contributed by atoms with E-state index in [0.29, 0.717) is 31.6 Å². The second-order valence-corrected chi connectivity index (χ2v) is 13.3. The number of piperidine rings is 1. The minimum Gasteiger partial charge on any atom is -0.389 e. The lowest BCUT2D eigenvalue weighted by atomic mass is 9.83. The van der Waals surface area contributed by atoms with E-state index < -0.39 is 29.3 Å². The molecule has 4 rings (SSSR count). The van der Waals surface area contributed by atoms with Crippen molar-refractivity contribution in [2.45, 2.75) is 71.4 Å². The Morgan fingerprint density at radius 1 is 1.02 bits per heavy atom. The first-order chi connectivity index (χ1) is 19.6. The summed E-state index contributed by atoms with van der Waals surface area (Å²) in [6, 6.07) is 19.6. The molecule has 1 aliphatic heterocycles. The second kappa shape index (κ2) is 12.3. The molecule has 0 aromatic heterocycles. The summed E-state index contributed by atoms with van der Waals surface area (Å²) in [4.78, 5) is 31.4. The molecule has 0 radical (unpaired) electrons. The van der Waals surface area contributed by atoms with E-state index in [1.54, 1.807) is 31.7 Å². The van der Waals surface area contributed by atoms with Gasteiger partial charge in [-0.2, -0.15) is 0 Å². The highest BCUT2D eigenvalue weighted by Gasteiger charge is 2.40. The van der Waals surface area contributed by atoms with Crippen LogP contribution in [0.5, 0.6) is 0 Å². The van der Waals surface area contributed by atoms with Crippen molar-refractivity contribution < 1.29 is 19.1 Å². The van der Waals surface area contributed by atoms with Gasteiger partial charge < -0.3 is 20.2 Å². The van der Waals surface area contributed by atoms with Crippen molar-refractivity contribution >= 4 is 23.2 Å². The van der Waals surface area contributed by atoms with E-state index in [1.165, 1.54) is 12.1 Å². The van der Waals surface area contributed by atoms with Crippen LogP contribution < -0.4 is 10.2 Å². The van der Waals surface area contributed by atoms with E-state index in [1.807, 2.05) is 60.5 Å². The van der Waals surface area contributed by atoms with Crippen molar-refractivity contribution in [2.75, 3.05) is 30.4 Å². The third kappa shape index (κ3) is 7.37. The fourth-order valence-electron chi connectivity index (χ4n) is 5.75. The number of halogens is 1. The molecular weight excluding hydrogens is 529 g/mol. The molecule has 2 N–H and O–H groups in total. The first-order valence-electron chi connectivity index (χ1n) is 14.7. The Bertz CT molecular complexity index is 1420. The standard InChI is InChI=1S/C35H44FN3O3/c1-23-13-18-28(30(36)20-23)33(41)39-19-9-12-29(32(40)37-26-11-8-10-25(21-26)34(2,3)4)31(39)24-14-16-27(17-15-24)38(7)22-35(5,6)42/h8,10-11,13-18,20-21,29,31,42H,9,12,19,22H2,1-7H3,(H,37,40)/t29-,31-/m0/s1. The van der Waals surface area contributed by atoms with Crippen molar-refractivity contribution in [3.8, 4) is 0 Å². The molecule has 2 amide bonds. The molecular formula is C35H44FN3O3. The fourth-order valence-corrected chi connectivity index (χ4v) is 5.75. The van der Waals surface area contributed by atoms with Gasteiger partial charge in [-0.25, -0.2) is 4.39 Å². The summed E-state index contributed by atoms with van der Waals surface area (Å²) in [6.45, 7) is 12.5. The molecule has 42 heavy (non-hydrogen) atoms. The molecule has 7 heteroatoms. The number of anilines is 2.